The summed E-state index contributed by atoms with van der Waals surface area (Å²) in [4.78, 5) is 34.4. The Bertz CT molecular complexity index is 1280. The number of aromatic nitrogens is 5. The van der Waals surface area contributed by atoms with Crippen LogP contribution < -0.4 is 5.32 Å². The number of aromatic amines is 1. The van der Waals surface area contributed by atoms with Gasteiger partial charge in [0.25, 0.3) is 0 Å². The zero-order chi connectivity index (χ0) is 21.7. The van der Waals surface area contributed by atoms with Gasteiger partial charge < -0.3 is 15.4 Å². The molecular formula is C23H22N6O2S. The first-order valence-electron chi connectivity index (χ1n) is 10.9. The van der Waals surface area contributed by atoms with Gasteiger partial charge in [-0.05, 0) is 49.0 Å². The van der Waals surface area contributed by atoms with Crippen LogP contribution in [0.5, 0.6) is 0 Å². The normalized spacial score (nSPS) is 24.6. The Morgan fingerprint density at radius 1 is 1.19 bits per heavy atom. The number of carboxylic acid groups (broad SMARTS) is 1. The third-order valence-electron chi connectivity index (χ3n) is 6.92. The van der Waals surface area contributed by atoms with Crippen molar-refractivity contribution >= 4 is 34.2 Å². The summed E-state index contributed by atoms with van der Waals surface area (Å²) in [5.41, 5.74) is 2.36. The van der Waals surface area contributed by atoms with Gasteiger partial charge in [0.15, 0.2) is 5.82 Å². The number of H-pyrrole nitrogens is 1. The minimum Gasteiger partial charge on any atom is -0.481 e. The third-order valence-corrected chi connectivity index (χ3v) is 7.81. The molecule has 4 aromatic heterocycles. The minimum atomic E-state index is -0.710. The summed E-state index contributed by atoms with van der Waals surface area (Å²) < 4.78 is 0. The molecule has 3 aliphatic rings. The topological polar surface area (TPSA) is 117 Å². The number of anilines is 1. The molecule has 2 bridgehead atoms. The van der Waals surface area contributed by atoms with Gasteiger partial charge in [-0.1, -0.05) is 6.07 Å². The van der Waals surface area contributed by atoms with Gasteiger partial charge in [0.05, 0.1) is 16.5 Å². The molecule has 2 unspecified atom stereocenters. The second-order valence-electron chi connectivity index (χ2n) is 8.64. The molecule has 0 radical (unpaired) electrons. The van der Waals surface area contributed by atoms with Crippen molar-refractivity contribution in [1.29, 1.82) is 0 Å². The standard InChI is InChI=1S/C23H22N6O2S/c30-23(31)19-12-3-5-13(6-4-12)20(19)28-18-8-16(17-2-1-7-32-17)27-22(29-18)15-10-25-21-14(15)9-24-11-26-21/h1-2,7-13,19-20H,3-6H2,(H,30,31)(H,24,25,26)(H,27,28,29). The fraction of sp³-hybridized carbons (Fsp3) is 0.348. The lowest BCUT2D eigenvalue weighted by Crippen LogP contribution is -2.51. The molecule has 0 saturated heterocycles. The quantitative estimate of drug-likeness (QED) is 0.415. The summed E-state index contributed by atoms with van der Waals surface area (Å²) in [5.74, 6) is 0.719. The highest BCUT2D eigenvalue weighted by atomic mass is 32.1. The van der Waals surface area contributed by atoms with Crippen molar-refractivity contribution in [3.63, 3.8) is 0 Å². The number of thiophene rings is 1. The lowest BCUT2D eigenvalue weighted by Gasteiger charge is -2.47. The van der Waals surface area contributed by atoms with E-state index in [0.29, 0.717) is 17.6 Å². The molecule has 9 heteroatoms. The molecule has 3 fully saturated rings. The number of nitrogens with zero attached hydrogens (tertiary/aromatic N) is 4. The highest BCUT2D eigenvalue weighted by Gasteiger charge is 2.47. The van der Waals surface area contributed by atoms with Crippen molar-refractivity contribution in [3.8, 4) is 22.0 Å². The summed E-state index contributed by atoms with van der Waals surface area (Å²) in [6.07, 6.45) is 9.25. The Labute approximate surface area is 188 Å². The van der Waals surface area contributed by atoms with E-state index in [0.717, 1.165) is 52.9 Å². The van der Waals surface area contributed by atoms with E-state index in [1.165, 1.54) is 6.33 Å². The molecule has 162 valence electrons. The second kappa shape index (κ2) is 7.67. The predicted octanol–water partition coefficient (Wildman–Crippen LogP) is 4.44. The summed E-state index contributed by atoms with van der Waals surface area (Å²) >= 11 is 1.61. The summed E-state index contributed by atoms with van der Waals surface area (Å²) in [6, 6.07) is 5.84. The van der Waals surface area contributed by atoms with E-state index in [2.05, 4.69) is 20.3 Å². The van der Waals surface area contributed by atoms with Gasteiger partial charge in [-0.3, -0.25) is 4.79 Å². The van der Waals surface area contributed by atoms with Crippen LogP contribution in [0.1, 0.15) is 25.7 Å². The number of hydrogen-bond acceptors (Lipinski definition) is 7. The third kappa shape index (κ3) is 3.24. The first kappa shape index (κ1) is 19.4. The average Bonchev–Trinajstić information content (AvgIpc) is 3.50. The van der Waals surface area contributed by atoms with Crippen molar-refractivity contribution in [3.05, 3.63) is 42.3 Å². The molecule has 32 heavy (non-hydrogen) atoms. The second-order valence-corrected chi connectivity index (χ2v) is 9.58. The van der Waals surface area contributed by atoms with Crippen molar-refractivity contribution in [2.75, 3.05) is 5.32 Å². The predicted molar refractivity (Wildman–Crippen MR) is 122 cm³/mol. The molecule has 3 saturated carbocycles. The lowest BCUT2D eigenvalue weighted by atomic mass is 9.61. The van der Waals surface area contributed by atoms with Gasteiger partial charge in [-0.25, -0.2) is 19.9 Å². The highest BCUT2D eigenvalue weighted by Crippen LogP contribution is 2.46. The number of fused-ring (bicyclic) bond motifs is 4. The van der Waals surface area contributed by atoms with Gasteiger partial charge in [0.2, 0.25) is 0 Å². The molecule has 4 heterocycles. The molecule has 7 rings (SSSR count). The van der Waals surface area contributed by atoms with Crippen LogP contribution in [0.2, 0.25) is 0 Å². The molecule has 3 aliphatic carbocycles. The molecule has 2 atom stereocenters. The van der Waals surface area contributed by atoms with Gasteiger partial charge >= 0.3 is 5.97 Å². The summed E-state index contributed by atoms with van der Waals surface area (Å²) in [6.45, 7) is 0. The van der Waals surface area contributed by atoms with E-state index in [4.69, 9.17) is 9.97 Å². The van der Waals surface area contributed by atoms with E-state index < -0.39 is 5.97 Å². The molecular weight excluding hydrogens is 424 g/mol. The first-order chi connectivity index (χ1) is 15.7. The Morgan fingerprint density at radius 2 is 2.03 bits per heavy atom. The molecule has 8 nitrogen and oxygen atoms in total. The molecule has 0 aliphatic heterocycles. The van der Waals surface area contributed by atoms with Crippen molar-refractivity contribution < 1.29 is 9.90 Å². The number of carboxylic acids is 1. The highest BCUT2D eigenvalue weighted by molar-refractivity contribution is 7.13. The van der Waals surface area contributed by atoms with E-state index in [1.807, 2.05) is 29.8 Å². The fourth-order valence-corrected chi connectivity index (χ4v) is 6.11. The number of carbonyl (C=O) groups is 1. The molecule has 4 aromatic rings. The van der Waals surface area contributed by atoms with Crippen LogP contribution in [-0.4, -0.2) is 42.0 Å². The monoisotopic (exact) mass is 446 g/mol. The maximum absolute atomic E-state index is 12.1. The lowest BCUT2D eigenvalue weighted by molar-refractivity contribution is -0.148. The molecule has 0 amide bonds. The Balaban J connectivity index is 1.44. The van der Waals surface area contributed by atoms with Gasteiger partial charge in [-0.2, -0.15) is 0 Å². The van der Waals surface area contributed by atoms with E-state index in [1.54, 1.807) is 17.5 Å². The van der Waals surface area contributed by atoms with Crippen molar-refractivity contribution in [2.45, 2.75) is 31.7 Å². The SMILES string of the molecule is O=C(O)C1C2CCC(CC2)C1Nc1cc(-c2cccs2)nc(-c2c[nH]c3ncncc23)n1. The maximum atomic E-state index is 12.1. The number of aliphatic carboxylic acids is 1. The van der Waals surface area contributed by atoms with E-state index in [9.17, 15) is 9.90 Å². The van der Waals surface area contributed by atoms with Crippen LogP contribution in [0.25, 0.3) is 33.0 Å². The van der Waals surface area contributed by atoms with Gasteiger partial charge in [-0.15, -0.1) is 11.3 Å². The van der Waals surface area contributed by atoms with Crippen LogP contribution in [0.15, 0.2) is 42.3 Å². The van der Waals surface area contributed by atoms with Crippen LogP contribution >= 0.6 is 11.3 Å². The molecule has 0 spiro atoms. The minimum absolute atomic E-state index is 0.120. The molecule has 0 aromatic carbocycles. The fourth-order valence-electron chi connectivity index (χ4n) is 5.42. The zero-order valence-corrected chi connectivity index (χ0v) is 18.0. The molecule has 3 N–H and O–H groups in total. The number of nitrogens with one attached hydrogen (secondary N) is 2. The van der Waals surface area contributed by atoms with Crippen molar-refractivity contribution in [1.82, 2.24) is 24.9 Å². The Morgan fingerprint density at radius 3 is 2.81 bits per heavy atom. The van der Waals surface area contributed by atoms with E-state index in [-0.39, 0.29) is 17.9 Å². The van der Waals surface area contributed by atoms with Crippen LogP contribution in [0.3, 0.4) is 0 Å². The Kier molecular flexibility index (Phi) is 4.64. The summed E-state index contributed by atoms with van der Waals surface area (Å²) in [5, 5.41) is 16.3. The largest absolute Gasteiger partial charge is 0.481 e. The smallest absolute Gasteiger partial charge is 0.308 e. The van der Waals surface area contributed by atoms with E-state index >= 15 is 0 Å². The Hall–Kier alpha value is -3.33. The maximum Gasteiger partial charge on any atom is 0.308 e. The first-order valence-corrected chi connectivity index (χ1v) is 11.7. The van der Waals surface area contributed by atoms with Crippen LogP contribution in [-0.2, 0) is 4.79 Å². The van der Waals surface area contributed by atoms with Crippen LogP contribution in [0, 0.1) is 17.8 Å². The number of rotatable bonds is 5. The zero-order valence-electron chi connectivity index (χ0n) is 17.2. The van der Waals surface area contributed by atoms with Gasteiger partial charge in [0, 0.05) is 35.5 Å². The summed E-state index contributed by atoms with van der Waals surface area (Å²) in [7, 11) is 0. The van der Waals surface area contributed by atoms with Crippen molar-refractivity contribution in [2.24, 2.45) is 17.8 Å². The number of hydrogen-bond donors (Lipinski definition) is 3. The van der Waals surface area contributed by atoms with Gasteiger partial charge in [0.1, 0.15) is 17.8 Å². The van der Waals surface area contributed by atoms with Crippen LogP contribution in [0.4, 0.5) is 5.82 Å². The average molecular weight is 447 g/mol.